The van der Waals surface area contributed by atoms with Gasteiger partial charge in [0.05, 0.1) is 5.69 Å². The molecule has 3 aromatic heterocycles. The van der Waals surface area contributed by atoms with E-state index >= 15 is 0 Å². The fourth-order valence-electron chi connectivity index (χ4n) is 3.11. The Morgan fingerprint density at radius 2 is 1.85 bits per heavy atom. The number of aryl methyl sites for hydroxylation is 3. The highest BCUT2D eigenvalue weighted by atomic mass is 16.5. The quantitative estimate of drug-likeness (QED) is 0.585. The Morgan fingerprint density at radius 3 is 2.62 bits per heavy atom. The molecule has 0 amide bonds. The largest absolute Gasteiger partial charge is 0.369 e. The molecule has 0 aliphatic rings. The smallest absolute Gasteiger partial charge is 0.263 e. The number of anilines is 1. The molecule has 26 heavy (non-hydrogen) atoms. The number of aromatic nitrogens is 4. The molecule has 1 N–H and O–H groups in total. The molecule has 0 spiro atoms. The summed E-state index contributed by atoms with van der Waals surface area (Å²) >= 11 is 0. The van der Waals surface area contributed by atoms with Crippen LogP contribution < -0.4 is 5.32 Å². The average Bonchev–Trinajstić information content (AvgIpc) is 3.21. The molecule has 0 saturated heterocycles. The number of hydrogen-bond donors (Lipinski definition) is 1. The number of rotatable bonds is 5. The van der Waals surface area contributed by atoms with Gasteiger partial charge in [0, 0.05) is 17.7 Å². The zero-order valence-electron chi connectivity index (χ0n) is 14.9. The number of nitrogens with one attached hydrogen (secondary N) is 1. The highest BCUT2D eigenvalue weighted by Crippen LogP contribution is 2.32. The van der Waals surface area contributed by atoms with Crippen molar-refractivity contribution in [1.29, 1.82) is 0 Å². The SMILES string of the molecule is Cc1ccccc1-c1noc2ncnc(NCCc3c(C)noc3C)c12. The number of hydrogen-bond acceptors (Lipinski definition) is 7. The van der Waals surface area contributed by atoms with E-state index in [0.29, 0.717) is 18.1 Å². The maximum absolute atomic E-state index is 5.42. The molecule has 0 aliphatic heterocycles. The van der Waals surface area contributed by atoms with Crippen molar-refractivity contribution in [3.63, 3.8) is 0 Å². The van der Waals surface area contributed by atoms with Crippen molar-refractivity contribution in [2.75, 3.05) is 11.9 Å². The lowest BCUT2D eigenvalue weighted by atomic mass is 10.0. The van der Waals surface area contributed by atoms with Crippen molar-refractivity contribution < 1.29 is 9.05 Å². The number of fused-ring (bicyclic) bond motifs is 1. The van der Waals surface area contributed by atoms with Gasteiger partial charge in [-0.15, -0.1) is 0 Å². The van der Waals surface area contributed by atoms with Gasteiger partial charge in [-0.2, -0.15) is 4.98 Å². The molecule has 0 fully saturated rings. The molecule has 0 radical (unpaired) electrons. The van der Waals surface area contributed by atoms with E-state index in [4.69, 9.17) is 9.05 Å². The lowest BCUT2D eigenvalue weighted by Gasteiger charge is -2.07. The van der Waals surface area contributed by atoms with Crippen LogP contribution in [0.4, 0.5) is 5.82 Å². The molecule has 0 atom stereocenters. The summed E-state index contributed by atoms with van der Waals surface area (Å²) in [6, 6.07) is 8.05. The average molecular weight is 349 g/mol. The molecule has 3 heterocycles. The predicted octanol–water partition coefficient (Wildman–Crippen LogP) is 3.85. The van der Waals surface area contributed by atoms with Crippen LogP contribution >= 0.6 is 0 Å². The first kappa shape index (κ1) is 16.3. The van der Waals surface area contributed by atoms with Gasteiger partial charge in [-0.3, -0.25) is 0 Å². The highest BCUT2D eigenvalue weighted by Gasteiger charge is 2.18. The highest BCUT2D eigenvalue weighted by molar-refractivity contribution is 5.98. The van der Waals surface area contributed by atoms with Crippen molar-refractivity contribution in [1.82, 2.24) is 20.3 Å². The Labute approximate surface area is 150 Å². The molecule has 1 aromatic carbocycles. The van der Waals surface area contributed by atoms with Crippen molar-refractivity contribution in [2.45, 2.75) is 27.2 Å². The summed E-state index contributed by atoms with van der Waals surface area (Å²) in [6.07, 6.45) is 2.27. The van der Waals surface area contributed by atoms with Crippen LogP contribution in [0.25, 0.3) is 22.4 Å². The molecular weight excluding hydrogens is 330 g/mol. The minimum absolute atomic E-state index is 0.470. The monoisotopic (exact) mass is 349 g/mol. The summed E-state index contributed by atoms with van der Waals surface area (Å²) in [7, 11) is 0. The Kier molecular flexibility index (Phi) is 4.12. The maximum atomic E-state index is 5.42. The first-order valence-electron chi connectivity index (χ1n) is 8.47. The van der Waals surface area contributed by atoms with Gasteiger partial charge < -0.3 is 14.4 Å². The minimum Gasteiger partial charge on any atom is -0.369 e. The number of benzene rings is 1. The van der Waals surface area contributed by atoms with E-state index < -0.39 is 0 Å². The van der Waals surface area contributed by atoms with Crippen LogP contribution in [0.3, 0.4) is 0 Å². The second-order valence-corrected chi connectivity index (χ2v) is 6.23. The van der Waals surface area contributed by atoms with Gasteiger partial charge in [0.25, 0.3) is 5.71 Å². The minimum atomic E-state index is 0.470. The van der Waals surface area contributed by atoms with Crippen molar-refractivity contribution in [3.8, 4) is 11.3 Å². The molecule has 4 rings (SSSR count). The molecule has 0 aliphatic carbocycles. The third-order valence-electron chi connectivity index (χ3n) is 4.52. The zero-order chi connectivity index (χ0) is 18.1. The Hall–Kier alpha value is -3.22. The van der Waals surface area contributed by atoms with Gasteiger partial charge in [-0.05, 0) is 32.8 Å². The first-order valence-corrected chi connectivity index (χ1v) is 8.47. The summed E-state index contributed by atoms with van der Waals surface area (Å²) in [5, 5.41) is 12.4. The Bertz CT molecular complexity index is 1050. The van der Waals surface area contributed by atoms with Crippen molar-refractivity contribution in [2.24, 2.45) is 0 Å². The van der Waals surface area contributed by atoms with E-state index in [2.05, 4.69) is 25.6 Å². The maximum Gasteiger partial charge on any atom is 0.263 e. The van der Waals surface area contributed by atoms with Gasteiger partial charge in [-0.25, -0.2) is 4.98 Å². The fraction of sp³-hybridized carbons (Fsp3) is 0.263. The van der Waals surface area contributed by atoms with E-state index in [0.717, 1.165) is 45.6 Å². The summed E-state index contributed by atoms with van der Waals surface area (Å²) < 4.78 is 10.6. The normalized spacial score (nSPS) is 11.2. The van der Waals surface area contributed by atoms with E-state index in [1.54, 1.807) is 0 Å². The Morgan fingerprint density at radius 1 is 1.00 bits per heavy atom. The second-order valence-electron chi connectivity index (χ2n) is 6.23. The molecule has 132 valence electrons. The molecule has 0 bridgehead atoms. The van der Waals surface area contributed by atoms with Crippen LogP contribution in [0, 0.1) is 20.8 Å². The third-order valence-corrected chi connectivity index (χ3v) is 4.52. The third kappa shape index (κ3) is 2.81. The lowest BCUT2D eigenvalue weighted by molar-refractivity contribution is 0.392. The number of nitrogens with zero attached hydrogens (tertiary/aromatic N) is 4. The van der Waals surface area contributed by atoms with E-state index in [1.165, 1.54) is 6.33 Å². The van der Waals surface area contributed by atoms with E-state index in [1.807, 2.05) is 45.0 Å². The van der Waals surface area contributed by atoms with E-state index in [-0.39, 0.29) is 0 Å². The molecule has 7 heteroatoms. The van der Waals surface area contributed by atoms with Crippen LogP contribution in [0.5, 0.6) is 0 Å². The van der Waals surface area contributed by atoms with Gasteiger partial charge in [0.2, 0.25) is 0 Å². The zero-order valence-corrected chi connectivity index (χ0v) is 14.9. The molecule has 7 nitrogen and oxygen atoms in total. The summed E-state index contributed by atoms with van der Waals surface area (Å²) in [5.41, 5.74) is 5.38. The topological polar surface area (TPSA) is 89.9 Å². The van der Waals surface area contributed by atoms with Gasteiger partial charge in [-0.1, -0.05) is 34.6 Å². The Balaban J connectivity index is 1.65. The predicted molar refractivity (Wildman–Crippen MR) is 97.9 cm³/mol. The summed E-state index contributed by atoms with van der Waals surface area (Å²) in [4.78, 5) is 8.60. The molecule has 0 saturated carbocycles. The molecule has 4 aromatic rings. The van der Waals surface area contributed by atoms with Crippen LogP contribution in [-0.4, -0.2) is 26.8 Å². The van der Waals surface area contributed by atoms with E-state index in [9.17, 15) is 0 Å². The van der Waals surface area contributed by atoms with Gasteiger partial charge in [0.15, 0.2) is 0 Å². The summed E-state index contributed by atoms with van der Waals surface area (Å²) in [6.45, 7) is 6.61. The fourth-order valence-corrected chi connectivity index (χ4v) is 3.11. The van der Waals surface area contributed by atoms with Crippen LogP contribution in [-0.2, 0) is 6.42 Å². The van der Waals surface area contributed by atoms with Gasteiger partial charge in [0.1, 0.15) is 29.0 Å². The first-order chi connectivity index (χ1) is 12.6. The standard InChI is InChI=1S/C19H19N5O2/c1-11-6-4-5-7-14(11)17-16-18(21-10-22-19(16)26-24-17)20-9-8-15-12(2)23-25-13(15)3/h4-7,10H,8-9H2,1-3H3,(H,20,21,22). The van der Waals surface area contributed by atoms with Crippen LogP contribution in [0.2, 0.25) is 0 Å². The summed E-state index contributed by atoms with van der Waals surface area (Å²) in [5.74, 6) is 1.56. The van der Waals surface area contributed by atoms with Crippen LogP contribution in [0.1, 0.15) is 22.6 Å². The molecule has 0 unspecified atom stereocenters. The van der Waals surface area contributed by atoms with Crippen molar-refractivity contribution >= 4 is 16.9 Å². The lowest BCUT2D eigenvalue weighted by Crippen LogP contribution is -2.08. The molecular formula is C19H19N5O2. The van der Waals surface area contributed by atoms with Crippen molar-refractivity contribution in [3.05, 3.63) is 53.2 Å². The second kappa shape index (κ2) is 6.59. The van der Waals surface area contributed by atoms with Gasteiger partial charge >= 0.3 is 0 Å². The van der Waals surface area contributed by atoms with Crippen LogP contribution in [0.15, 0.2) is 39.6 Å².